The van der Waals surface area contributed by atoms with Gasteiger partial charge in [-0.2, -0.15) is 0 Å². The van der Waals surface area contributed by atoms with Crippen molar-refractivity contribution in [3.63, 3.8) is 0 Å². The second-order valence-corrected chi connectivity index (χ2v) is 5.93. The molecule has 2 aromatic rings. The second kappa shape index (κ2) is 6.42. The van der Waals surface area contributed by atoms with Crippen LogP contribution in [0.2, 0.25) is 5.02 Å². The lowest BCUT2D eigenvalue weighted by molar-refractivity contribution is 0.0744. The molecule has 7 heteroatoms. The maximum atomic E-state index is 12.5. The van der Waals surface area contributed by atoms with E-state index < -0.39 is 0 Å². The lowest BCUT2D eigenvalue weighted by Gasteiger charge is -2.35. The van der Waals surface area contributed by atoms with Gasteiger partial charge in [0.15, 0.2) is 5.43 Å². The Kier molecular flexibility index (Phi) is 4.34. The molecule has 1 fully saturated rings. The average molecular weight is 333 g/mol. The molecule has 120 valence electrons. The summed E-state index contributed by atoms with van der Waals surface area (Å²) in [4.78, 5) is 35.5. The lowest BCUT2D eigenvalue weighted by Crippen LogP contribution is -2.49. The first-order valence-electron chi connectivity index (χ1n) is 7.40. The molecule has 0 unspecified atom stereocenters. The molecule has 0 bridgehead atoms. The van der Waals surface area contributed by atoms with Gasteiger partial charge < -0.3 is 14.8 Å². The molecule has 3 heterocycles. The van der Waals surface area contributed by atoms with Gasteiger partial charge in [0, 0.05) is 50.3 Å². The number of pyridine rings is 2. The summed E-state index contributed by atoms with van der Waals surface area (Å²) in [7, 11) is 0. The smallest absolute Gasteiger partial charge is 0.259 e. The van der Waals surface area contributed by atoms with Crippen LogP contribution < -0.4 is 10.3 Å². The molecule has 0 spiro atoms. The van der Waals surface area contributed by atoms with E-state index >= 15 is 0 Å². The van der Waals surface area contributed by atoms with E-state index in [0.29, 0.717) is 36.8 Å². The molecule has 3 rings (SSSR count). The number of nitrogens with zero attached hydrogens (tertiary/aromatic N) is 3. The number of nitrogens with one attached hydrogen (secondary N) is 1. The Morgan fingerprint density at radius 3 is 2.61 bits per heavy atom. The highest BCUT2D eigenvalue weighted by Crippen LogP contribution is 2.16. The Morgan fingerprint density at radius 2 is 1.96 bits per heavy atom. The fourth-order valence-corrected chi connectivity index (χ4v) is 2.73. The van der Waals surface area contributed by atoms with Gasteiger partial charge in [0.05, 0.1) is 5.02 Å². The fraction of sp³-hybridized carbons (Fsp3) is 0.312. The van der Waals surface area contributed by atoms with Crippen LogP contribution in [0, 0.1) is 6.92 Å². The van der Waals surface area contributed by atoms with Crippen molar-refractivity contribution in [3.8, 4) is 0 Å². The van der Waals surface area contributed by atoms with Gasteiger partial charge in [0.2, 0.25) is 0 Å². The number of rotatable bonds is 2. The Labute approximate surface area is 138 Å². The zero-order chi connectivity index (χ0) is 16.4. The summed E-state index contributed by atoms with van der Waals surface area (Å²) < 4.78 is 0. The monoisotopic (exact) mass is 332 g/mol. The maximum absolute atomic E-state index is 12.5. The molecule has 0 atom stereocenters. The van der Waals surface area contributed by atoms with Gasteiger partial charge in [-0.1, -0.05) is 11.6 Å². The molecular formula is C16H17ClN4O2. The number of hydrogen-bond donors (Lipinski definition) is 1. The molecule has 0 saturated carbocycles. The van der Waals surface area contributed by atoms with Gasteiger partial charge in [-0.25, -0.2) is 4.98 Å². The summed E-state index contributed by atoms with van der Waals surface area (Å²) in [5.41, 5.74) is 0.526. The van der Waals surface area contributed by atoms with Crippen LogP contribution in [0.3, 0.4) is 0 Å². The molecule has 1 N–H and O–H groups in total. The minimum Gasteiger partial charge on any atom is -0.366 e. The number of carbonyl (C=O) groups is 1. The summed E-state index contributed by atoms with van der Waals surface area (Å²) in [6.07, 6.45) is 4.69. The van der Waals surface area contributed by atoms with Crippen molar-refractivity contribution in [3.05, 3.63) is 57.1 Å². The quantitative estimate of drug-likeness (QED) is 0.908. The Hall–Kier alpha value is -2.34. The normalized spacial score (nSPS) is 14.9. The van der Waals surface area contributed by atoms with Crippen LogP contribution >= 0.6 is 11.6 Å². The number of amides is 1. The van der Waals surface area contributed by atoms with E-state index in [-0.39, 0.29) is 16.9 Å². The third kappa shape index (κ3) is 3.22. The minimum atomic E-state index is -0.223. The van der Waals surface area contributed by atoms with Crippen molar-refractivity contribution in [2.24, 2.45) is 0 Å². The van der Waals surface area contributed by atoms with Crippen molar-refractivity contribution >= 4 is 23.3 Å². The van der Waals surface area contributed by atoms with Crippen LogP contribution in [-0.4, -0.2) is 47.0 Å². The highest BCUT2D eigenvalue weighted by atomic mass is 35.5. The van der Waals surface area contributed by atoms with Crippen molar-refractivity contribution in [1.82, 2.24) is 14.9 Å². The zero-order valence-electron chi connectivity index (χ0n) is 12.8. The standard InChI is InChI=1S/C16H17ClN4O2/c1-11-8-18-10-13(15(11)22)16(23)21-6-4-20(5-7-21)14-3-2-12(17)9-19-14/h2-3,8-10H,4-7H2,1H3,(H,18,22). The van der Waals surface area contributed by atoms with Gasteiger partial charge in [-0.15, -0.1) is 0 Å². The fourth-order valence-electron chi connectivity index (χ4n) is 2.62. The van der Waals surface area contributed by atoms with Gasteiger partial charge in [0.25, 0.3) is 5.91 Å². The Bertz CT molecular complexity index is 764. The van der Waals surface area contributed by atoms with Crippen LogP contribution in [0.15, 0.2) is 35.5 Å². The molecule has 0 aromatic carbocycles. The lowest BCUT2D eigenvalue weighted by atomic mass is 10.1. The summed E-state index contributed by atoms with van der Waals surface area (Å²) in [6.45, 7) is 4.14. The van der Waals surface area contributed by atoms with Gasteiger partial charge in [-0.05, 0) is 19.1 Å². The zero-order valence-corrected chi connectivity index (χ0v) is 13.5. The van der Waals surface area contributed by atoms with E-state index in [1.165, 1.54) is 6.20 Å². The predicted molar refractivity (Wildman–Crippen MR) is 89.2 cm³/mol. The van der Waals surface area contributed by atoms with Crippen LogP contribution in [-0.2, 0) is 0 Å². The van der Waals surface area contributed by atoms with Crippen molar-refractivity contribution < 1.29 is 4.79 Å². The van der Waals surface area contributed by atoms with E-state index in [4.69, 9.17) is 11.6 Å². The number of hydrogen-bond acceptors (Lipinski definition) is 4. The van der Waals surface area contributed by atoms with E-state index in [2.05, 4.69) is 14.9 Å². The number of carbonyl (C=O) groups excluding carboxylic acids is 1. The Morgan fingerprint density at radius 1 is 1.22 bits per heavy atom. The first-order chi connectivity index (χ1) is 11.1. The molecule has 1 aliphatic rings. The highest BCUT2D eigenvalue weighted by Gasteiger charge is 2.24. The summed E-state index contributed by atoms with van der Waals surface area (Å²) in [5.74, 6) is 0.619. The minimum absolute atomic E-state index is 0.197. The topological polar surface area (TPSA) is 69.3 Å². The molecule has 0 radical (unpaired) electrons. The van der Waals surface area contributed by atoms with Gasteiger partial charge in [0.1, 0.15) is 11.4 Å². The number of aryl methyl sites for hydroxylation is 1. The number of H-pyrrole nitrogens is 1. The third-order valence-corrected chi connectivity index (χ3v) is 4.19. The Balaban J connectivity index is 1.69. The molecular weight excluding hydrogens is 316 g/mol. The molecule has 6 nitrogen and oxygen atoms in total. The molecule has 1 amide bonds. The molecule has 2 aromatic heterocycles. The average Bonchev–Trinajstić information content (AvgIpc) is 2.58. The van der Waals surface area contributed by atoms with Crippen molar-refractivity contribution in [2.75, 3.05) is 31.1 Å². The maximum Gasteiger partial charge on any atom is 0.259 e. The number of aromatic nitrogens is 2. The SMILES string of the molecule is Cc1c[nH]cc(C(=O)N2CCN(c3ccc(Cl)cn3)CC2)c1=O. The van der Waals surface area contributed by atoms with Crippen LogP contribution in [0.4, 0.5) is 5.82 Å². The van der Waals surface area contributed by atoms with E-state index in [0.717, 1.165) is 5.82 Å². The summed E-state index contributed by atoms with van der Waals surface area (Å²) in [5, 5.41) is 0.598. The van der Waals surface area contributed by atoms with Gasteiger partial charge in [-0.3, -0.25) is 9.59 Å². The van der Waals surface area contributed by atoms with E-state index in [9.17, 15) is 9.59 Å². The third-order valence-electron chi connectivity index (χ3n) is 3.96. The predicted octanol–water partition coefficient (Wildman–Crippen LogP) is 1.69. The molecule has 0 aliphatic carbocycles. The van der Waals surface area contributed by atoms with Crippen molar-refractivity contribution in [2.45, 2.75) is 6.92 Å². The molecule has 1 saturated heterocycles. The second-order valence-electron chi connectivity index (χ2n) is 5.50. The molecule has 23 heavy (non-hydrogen) atoms. The number of halogens is 1. The first-order valence-corrected chi connectivity index (χ1v) is 7.77. The number of aromatic amines is 1. The van der Waals surface area contributed by atoms with Crippen LogP contribution in [0.5, 0.6) is 0 Å². The number of piperazine rings is 1. The van der Waals surface area contributed by atoms with E-state index in [1.807, 2.05) is 6.07 Å². The van der Waals surface area contributed by atoms with Crippen LogP contribution in [0.25, 0.3) is 0 Å². The summed E-state index contributed by atoms with van der Waals surface area (Å²) >= 11 is 5.84. The largest absolute Gasteiger partial charge is 0.366 e. The summed E-state index contributed by atoms with van der Waals surface area (Å²) in [6, 6.07) is 3.67. The first kappa shape index (κ1) is 15.6. The van der Waals surface area contributed by atoms with Crippen LogP contribution in [0.1, 0.15) is 15.9 Å². The van der Waals surface area contributed by atoms with Crippen molar-refractivity contribution in [1.29, 1.82) is 0 Å². The van der Waals surface area contributed by atoms with E-state index in [1.54, 1.807) is 30.3 Å². The number of anilines is 1. The van der Waals surface area contributed by atoms with Gasteiger partial charge >= 0.3 is 0 Å². The highest BCUT2D eigenvalue weighted by molar-refractivity contribution is 6.30. The molecule has 1 aliphatic heterocycles.